The van der Waals surface area contributed by atoms with Gasteiger partial charge >= 0.3 is 0 Å². The van der Waals surface area contributed by atoms with E-state index in [0.717, 1.165) is 48.6 Å². The lowest BCUT2D eigenvalue weighted by Crippen LogP contribution is -2.37. The maximum atomic E-state index is 13.1. The molecule has 7 nitrogen and oxygen atoms in total. The normalized spacial score (nSPS) is 16.8. The van der Waals surface area contributed by atoms with Gasteiger partial charge in [0.1, 0.15) is 5.69 Å². The summed E-state index contributed by atoms with van der Waals surface area (Å²) >= 11 is 0. The lowest BCUT2D eigenvalue weighted by molar-refractivity contribution is 0.0697. The predicted octanol–water partition coefficient (Wildman–Crippen LogP) is 3.58. The fourth-order valence-corrected chi connectivity index (χ4v) is 3.75. The molecule has 0 radical (unpaired) electrons. The summed E-state index contributed by atoms with van der Waals surface area (Å²) in [6.45, 7) is 3.22. The Labute approximate surface area is 168 Å². The molecule has 0 bridgehead atoms. The van der Waals surface area contributed by atoms with Crippen LogP contribution in [0.3, 0.4) is 0 Å². The van der Waals surface area contributed by atoms with E-state index in [4.69, 9.17) is 13.7 Å². The number of benzene rings is 1. The first-order valence-electron chi connectivity index (χ1n) is 10.0. The molecule has 1 saturated carbocycles. The highest BCUT2D eigenvalue weighted by molar-refractivity contribution is 5.92. The molecule has 3 heterocycles. The third-order valence-electron chi connectivity index (χ3n) is 5.42. The molecule has 2 aromatic heterocycles. The number of anilines is 1. The van der Waals surface area contributed by atoms with E-state index in [2.05, 4.69) is 10.1 Å². The monoisotopic (exact) mass is 393 g/mol. The molecule has 7 heteroatoms. The second-order valence-electron chi connectivity index (χ2n) is 7.42. The SMILES string of the molecule is O=C(c1ccco1)N(Cc1c(-c2ccccc2)noc1N1CCOCC1)C1CC1. The number of morpholine rings is 1. The van der Waals surface area contributed by atoms with Crippen LogP contribution in [0.5, 0.6) is 0 Å². The first-order chi connectivity index (χ1) is 14.3. The summed E-state index contributed by atoms with van der Waals surface area (Å²) in [6.07, 6.45) is 3.54. The van der Waals surface area contributed by atoms with E-state index in [-0.39, 0.29) is 11.9 Å². The van der Waals surface area contributed by atoms with Crippen LogP contribution in [0.1, 0.15) is 29.0 Å². The van der Waals surface area contributed by atoms with Gasteiger partial charge < -0.3 is 23.5 Å². The molecule has 2 fully saturated rings. The zero-order chi connectivity index (χ0) is 19.6. The fourth-order valence-electron chi connectivity index (χ4n) is 3.75. The van der Waals surface area contributed by atoms with Crippen LogP contribution in [0.25, 0.3) is 11.3 Å². The summed E-state index contributed by atoms with van der Waals surface area (Å²) < 4.78 is 16.7. The standard InChI is InChI=1S/C22H23N3O4/c26-21(19-7-4-12-28-19)25(17-8-9-17)15-18-20(16-5-2-1-3-6-16)23-29-22(18)24-10-13-27-14-11-24/h1-7,12,17H,8-11,13-15H2. The molecule has 3 aromatic rings. The number of hydrogen-bond donors (Lipinski definition) is 0. The molecule has 0 unspecified atom stereocenters. The highest BCUT2D eigenvalue weighted by atomic mass is 16.5. The lowest BCUT2D eigenvalue weighted by atomic mass is 10.1. The number of rotatable bonds is 6. The van der Waals surface area contributed by atoms with Gasteiger partial charge in [-0.15, -0.1) is 0 Å². The van der Waals surface area contributed by atoms with E-state index in [1.165, 1.54) is 6.26 Å². The van der Waals surface area contributed by atoms with Crippen molar-refractivity contribution in [2.75, 3.05) is 31.2 Å². The van der Waals surface area contributed by atoms with Gasteiger partial charge in [0.2, 0.25) is 5.88 Å². The van der Waals surface area contributed by atoms with Crippen molar-refractivity contribution in [1.82, 2.24) is 10.1 Å². The fraction of sp³-hybridized carbons (Fsp3) is 0.364. The smallest absolute Gasteiger partial charge is 0.290 e. The topological polar surface area (TPSA) is 72.0 Å². The molecule has 0 atom stereocenters. The Kier molecular flexibility index (Phi) is 4.81. The van der Waals surface area contributed by atoms with Crippen molar-refractivity contribution in [3.05, 3.63) is 60.1 Å². The van der Waals surface area contributed by atoms with E-state index in [1.807, 2.05) is 35.2 Å². The van der Waals surface area contributed by atoms with Gasteiger partial charge in [-0.25, -0.2) is 0 Å². The Bertz CT molecular complexity index is 957. The average molecular weight is 393 g/mol. The van der Waals surface area contributed by atoms with Gasteiger partial charge in [0.25, 0.3) is 5.91 Å². The highest BCUT2D eigenvalue weighted by Gasteiger charge is 2.36. The van der Waals surface area contributed by atoms with Crippen LogP contribution in [-0.4, -0.2) is 48.3 Å². The molecule has 0 spiro atoms. The van der Waals surface area contributed by atoms with Crippen molar-refractivity contribution in [2.45, 2.75) is 25.4 Å². The second-order valence-corrected chi connectivity index (χ2v) is 7.42. The van der Waals surface area contributed by atoms with Gasteiger partial charge in [0, 0.05) is 24.7 Å². The van der Waals surface area contributed by atoms with Crippen LogP contribution in [0.15, 0.2) is 57.7 Å². The van der Waals surface area contributed by atoms with Crippen molar-refractivity contribution in [3.63, 3.8) is 0 Å². The number of aromatic nitrogens is 1. The van der Waals surface area contributed by atoms with Gasteiger partial charge in [-0.1, -0.05) is 35.5 Å². The van der Waals surface area contributed by atoms with E-state index < -0.39 is 0 Å². The minimum absolute atomic E-state index is 0.0920. The molecule has 29 heavy (non-hydrogen) atoms. The number of carbonyl (C=O) groups is 1. The summed E-state index contributed by atoms with van der Waals surface area (Å²) in [4.78, 5) is 17.1. The minimum Gasteiger partial charge on any atom is -0.459 e. The number of furan rings is 1. The number of hydrogen-bond acceptors (Lipinski definition) is 6. The van der Waals surface area contributed by atoms with Crippen molar-refractivity contribution >= 4 is 11.8 Å². The molecular weight excluding hydrogens is 370 g/mol. The summed E-state index contributed by atoms with van der Waals surface area (Å²) in [5, 5.41) is 4.40. The van der Waals surface area contributed by atoms with Crippen LogP contribution in [-0.2, 0) is 11.3 Å². The largest absolute Gasteiger partial charge is 0.459 e. The highest BCUT2D eigenvalue weighted by Crippen LogP contribution is 2.36. The second kappa shape index (κ2) is 7.75. The number of nitrogens with zero attached hydrogens (tertiary/aromatic N) is 3. The van der Waals surface area contributed by atoms with Crippen LogP contribution < -0.4 is 4.90 Å². The number of ether oxygens (including phenoxy) is 1. The summed E-state index contributed by atoms with van der Waals surface area (Å²) in [7, 11) is 0. The zero-order valence-corrected chi connectivity index (χ0v) is 16.1. The van der Waals surface area contributed by atoms with E-state index in [9.17, 15) is 4.79 Å². The van der Waals surface area contributed by atoms with Crippen LogP contribution in [0.2, 0.25) is 0 Å². The van der Waals surface area contributed by atoms with Crippen LogP contribution in [0, 0.1) is 0 Å². The average Bonchev–Trinajstić information content (AvgIpc) is 3.29. The van der Waals surface area contributed by atoms with Crippen molar-refractivity contribution in [1.29, 1.82) is 0 Å². The zero-order valence-electron chi connectivity index (χ0n) is 16.1. The molecule has 5 rings (SSSR count). The summed E-state index contributed by atoms with van der Waals surface area (Å²) in [5.74, 6) is 0.998. The van der Waals surface area contributed by atoms with Gasteiger partial charge in [-0.05, 0) is 25.0 Å². The summed E-state index contributed by atoms with van der Waals surface area (Å²) in [5.41, 5.74) is 2.70. The molecule has 0 N–H and O–H groups in total. The van der Waals surface area contributed by atoms with Crippen molar-refractivity contribution in [3.8, 4) is 11.3 Å². The molecule has 1 aliphatic heterocycles. The third-order valence-corrected chi connectivity index (χ3v) is 5.42. The minimum atomic E-state index is -0.0920. The maximum absolute atomic E-state index is 13.1. The molecule has 1 amide bonds. The van der Waals surface area contributed by atoms with Crippen molar-refractivity contribution in [2.24, 2.45) is 0 Å². The quantitative estimate of drug-likeness (QED) is 0.638. The molecule has 1 saturated heterocycles. The van der Waals surface area contributed by atoms with E-state index in [0.29, 0.717) is 25.5 Å². The van der Waals surface area contributed by atoms with E-state index in [1.54, 1.807) is 12.1 Å². The molecule has 2 aliphatic rings. The Balaban J connectivity index is 1.52. The predicted molar refractivity (Wildman–Crippen MR) is 107 cm³/mol. The first-order valence-corrected chi connectivity index (χ1v) is 10.0. The molecule has 1 aromatic carbocycles. The van der Waals surface area contributed by atoms with Crippen LogP contribution >= 0.6 is 0 Å². The van der Waals surface area contributed by atoms with Crippen LogP contribution in [0.4, 0.5) is 5.88 Å². The Morgan fingerprint density at radius 2 is 1.90 bits per heavy atom. The molecule has 1 aliphatic carbocycles. The number of amides is 1. The molecule has 150 valence electrons. The van der Waals surface area contributed by atoms with Gasteiger partial charge in [0.15, 0.2) is 5.76 Å². The maximum Gasteiger partial charge on any atom is 0.290 e. The van der Waals surface area contributed by atoms with Crippen molar-refractivity contribution < 1.29 is 18.5 Å². The third kappa shape index (κ3) is 3.65. The first kappa shape index (κ1) is 18.0. The Morgan fingerprint density at radius 1 is 1.10 bits per heavy atom. The van der Waals surface area contributed by atoms with Gasteiger partial charge in [-0.3, -0.25) is 4.79 Å². The Morgan fingerprint density at radius 3 is 2.59 bits per heavy atom. The van der Waals surface area contributed by atoms with Gasteiger partial charge in [-0.2, -0.15) is 0 Å². The lowest BCUT2D eigenvalue weighted by Gasteiger charge is -2.28. The van der Waals surface area contributed by atoms with E-state index >= 15 is 0 Å². The van der Waals surface area contributed by atoms with Gasteiger partial charge in [0.05, 0.1) is 31.6 Å². The molecular formula is C22H23N3O4. The summed E-state index contributed by atoms with van der Waals surface area (Å²) in [6, 6.07) is 13.6. The number of carbonyl (C=O) groups excluding carboxylic acids is 1. The Hall–Kier alpha value is -3.06.